The molecule has 2 aliphatic rings. The third kappa shape index (κ3) is 1.80. The van der Waals surface area contributed by atoms with Gasteiger partial charge < -0.3 is 5.11 Å². The second-order valence-electron chi connectivity index (χ2n) is 5.51. The topological polar surface area (TPSA) is 23.5 Å². The number of rotatable bonds is 3. The predicted octanol–water partition coefficient (Wildman–Crippen LogP) is 2.59. The normalized spacial score (nSPS) is 34.1. The molecule has 1 saturated carbocycles. The van der Waals surface area contributed by atoms with Crippen molar-refractivity contribution in [2.24, 2.45) is 5.92 Å². The van der Waals surface area contributed by atoms with E-state index in [9.17, 15) is 5.11 Å². The maximum Gasteiger partial charge on any atom is 0.0589 e. The van der Waals surface area contributed by atoms with E-state index in [4.69, 9.17) is 0 Å². The summed E-state index contributed by atoms with van der Waals surface area (Å²) in [6, 6.07) is 12.2. The van der Waals surface area contributed by atoms with E-state index >= 15 is 0 Å². The molecule has 1 heterocycles. The van der Waals surface area contributed by atoms with Gasteiger partial charge in [-0.3, -0.25) is 4.90 Å². The number of fused-ring (bicyclic) bond motifs is 2. The number of aliphatic hydroxyl groups excluding tert-OH is 1. The first kappa shape index (κ1) is 11.2. The fourth-order valence-corrected chi connectivity index (χ4v) is 3.88. The number of likely N-dealkylation sites (tertiary alicyclic amines) is 1. The zero-order valence-electron chi connectivity index (χ0n) is 10.4. The van der Waals surface area contributed by atoms with Gasteiger partial charge in [0.15, 0.2) is 0 Å². The Morgan fingerprint density at radius 1 is 1.29 bits per heavy atom. The smallest absolute Gasteiger partial charge is 0.0589 e. The summed E-state index contributed by atoms with van der Waals surface area (Å²) in [4.78, 5) is 2.56. The molecule has 1 aromatic rings. The lowest BCUT2D eigenvalue weighted by Gasteiger charge is -2.39. The van der Waals surface area contributed by atoms with E-state index in [0.29, 0.717) is 24.7 Å². The number of nitrogens with zero attached hydrogens (tertiary/aromatic N) is 1. The lowest BCUT2D eigenvalue weighted by molar-refractivity contribution is 0.0525. The Hall–Kier alpha value is -0.860. The summed E-state index contributed by atoms with van der Waals surface area (Å²) in [6.07, 6.45) is 3.93. The van der Waals surface area contributed by atoms with Crippen LogP contribution in [0.5, 0.6) is 0 Å². The summed E-state index contributed by atoms with van der Waals surface area (Å²) in [7, 11) is 0. The van der Waals surface area contributed by atoms with Crippen LogP contribution in [0.15, 0.2) is 30.3 Å². The van der Waals surface area contributed by atoms with Gasteiger partial charge in [0.25, 0.3) is 0 Å². The Bertz CT molecular complexity index is 378. The molecule has 0 aromatic heterocycles. The van der Waals surface area contributed by atoms with Crippen molar-refractivity contribution in [2.45, 2.75) is 44.3 Å². The molecule has 1 aromatic carbocycles. The summed E-state index contributed by atoms with van der Waals surface area (Å²) in [6.45, 7) is 2.59. The highest BCUT2D eigenvalue weighted by atomic mass is 16.3. The van der Waals surface area contributed by atoms with E-state index in [1.54, 1.807) is 0 Å². The largest absolute Gasteiger partial charge is 0.395 e. The van der Waals surface area contributed by atoms with Crippen LogP contribution in [0.2, 0.25) is 0 Å². The van der Waals surface area contributed by atoms with E-state index < -0.39 is 0 Å². The van der Waals surface area contributed by atoms with Crippen molar-refractivity contribution in [2.75, 3.05) is 6.61 Å². The maximum absolute atomic E-state index is 9.61. The molecule has 1 N–H and O–H groups in total. The first-order chi connectivity index (χ1) is 8.31. The van der Waals surface area contributed by atoms with Crippen molar-refractivity contribution in [3.8, 4) is 0 Å². The Kier molecular flexibility index (Phi) is 2.93. The highest BCUT2D eigenvalue weighted by molar-refractivity contribution is 5.20. The molecular weight excluding hydrogens is 210 g/mol. The van der Waals surface area contributed by atoms with Gasteiger partial charge in [0, 0.05) is 18.1 Å². The van der Waals surface area contributed by atoms with E-state index in [-0.39, 0.29) is 0 Å². The first-order valence-electron chi connectivity index (χ1n) is 6.74. The summed E-state index contributed by atoms with van der Waals surface area (Å²) in [5.41, 5.74) is 1.37. The third-order valence-corrected chi connectivity index (χ3v) is 4.71. The Balaban J connectivity index is 1.84. The van der Waals surface area contributed by atoms with Gasteiger partial charge in [0.2, 0.25) is 0 Å². The number of hydrogen-bond donors (Lipinski definition) is 1. The molecule has 0 unspecified atom stereocenters. The van der Waals surface area contributed by atoms with E-state index in [2.05, 4.69) is 42.2 Å². The molecule has 2 heteroatoms. The molecule has 1 saturated heterocycles. The van der Waals surface area contributed by atoms with Crippen LogP contribution in [0.1, 0.15) is 37.8 Å². The number of hydrogen-bond acceptors (Lipinski definition) is 2. The van der Waals surface area contributed by atoms with Crippen molar-refractivity contribution < 1.29 is 5.11 Å². The minimum Gasteiger partial charge on any atom is -0.395 e. The molecule has 3 rings (SSSR count). The SMILES string of the molecule is C[C@@H](c1ccccc1)N1[C@H]2CC[C@H](C2)[C@H]1CO. The van der Waals surface area contributed by atoms with Crippen molar-refractivity contribution in [1.29, 1.82) is 0 Å². The molecule has 0 radical (unpaired) electrons. The predicted molar refractivity (Wildman–Crippen MR) is 68.7 cm³/mol. The van der Waals surface area contributed by atoms with Crippen LogP contribution in [-0.2, 0) is 0 Å². The standard InChI is InChI=1S/C15H21NO/c1-11(12-5-3-2-4-6-12)16-14-8-7-13(9-14)15(16)10-17/h2-6,11,13-15,17H,7-10H2,1H3/t11-,13+,14-,15+/m0/s1. The number of piperidine rings is 1. The Morgan fingerprint density at radius 2 is 2.06 bits per heavy atom. The summed E-state index contributed by atoms with van der Waals surface area (Å²) in [5.74, 6) is 0.733. The average Bonchev–Trinajstić information content (AvgIpc) is 2.98. The molecule has 17 heavy (non-hydrogen) atoms. The number of aliphatic hydroxyl groups is 1. The summed E-state index contributed by atoms with van der Waals surface area (Å²) < 4.78 is 0. The second-order valence-corrected chi connectivity index (χ2v) is 5.51. The minimum atomic E-state index is 0.318. The molecule has 0 spiro atoms. The quantitative estimate of drug-likeness (QED) is 0.864. The van der Waals surface area contributed by atoms with Crippen molar-refractivity contribution in [3.63, 3.8) is 0 Å². The Morgan fingerprint density at radius 3 is 2.76 bits per heavy atom. The van der Waals surface area contributed by atoms with Crippen molar-refractivity contribution >= 4 is 0 Å². The number of benzene rings is 1. The minimum absolute atomic E-state index is 0.318. The van der Waals surface area contributed by atoms with Gasteiger partial charge in [0.05, 0.1) is 6.61 Å². The van der Waals surface area contributed by atoms with Crippen LogP contribution in [0.4, 0.5) is 0 Å². The van der Waals surface area contributed by atoms with Crippen LogP contribution in [0.25, 0.3) is 0 Å². The van der Waals surface area contributed by atoms with Gasteiger partial charge in [-0.2, -0.15) is 0 Å². The molecule has 1 aliphatic heterocycles. The highest BCUT2D eigenvalue weighted by Gasteiger charge is 2.47. The molecule has 0 amide bonds. The Labute approximate surface area is 103 Å². The maximum atomic E-state index is 9.61. The molecule has 1 aliphatic carbocycles. The fraction of sp³-hybridized carbons (Fsp3) is 0.600. The summed E-state index contributed by atoms with van der Waals surface area (Å²) >= 11 is 0. The third-order valence-electron chi connectivity index (χ3n) is 4.71. The van der Waals surface area contributed by atoms with E-state index in [0.717, 1.165) is 5.92 Å². The lowest BCUT2D eigenvalue weighted by atomic mass is 9.96. The summed E-state index contributed by atoms with van der Waals surface area (Å²) in [5, 5.41) is 9.61. The van der Waals surface area contributed by atoms with Gasteiger partial charge in [-0.05, 0) is 37.7 Å². The van der Waals surface area contributed by atoms with E-state index in [1.165, 1.54) is 24.8 Å². The fourth-order valence-electron chi connectivity index (χ4n) is 3.88. The van der Waals surface area contributed by atoms with Gasteiger partial charge in [-0.1, -0.05) is 30.3 Å². The van der Waals surface area contributed by atoms with Gasteiger partial charge in [-0.25, -0.2) is 0 Å². The van der Waals surface area contributed by atoms with Crippen LogP contribution in [0, 0.1) is 5.92 Å². The van der Waals surface area contributed by atoms with Crippen molar-refractivity contribution in [1.82, 2.24) is 4.90 Å². The zero-order valence-corrected chi connectivity index (χ0v) is 10.4. The van der Waals surface area contributed by atoms with Gasteiger partial charge in [-0.15, -0.1) is 0 Å². The van der Waals surface area contributed by atoms with E-state index in [1.807, 2.05) is 0 Å². The monoisotopic (exact) mass is 231 g/mol. The average molecular weight is 231 g/mol. The molecule has 92 valence electrons. The van der Waals surface area contributed by atoms with Crippen LogP contribution in [0.3, 0.4) is 0 Å². The molecule has 2 bridgehead atoms. The molecule has 4 atom stereocenters. The molecule has 2 nitrogen and oxygen atoms in total. The lowest BCUT2D eigenvalue weighted by Crippen LogP contribution is -2.44. The highest BCUT2D eigenvalue weighted by Crippen LogP contribution is 2.46. The zero-order chi connectivity index (χ0) is 11.8. The van der Waals surface area contributed by atoms with Gasteiger partial charge >= 0.3 is 0 Å². The molecular formula is C15H21NO. The van der Waals surface area contributed by atoms with Gasteiger partial charge in [0.1, 0.15) is 0 Å². The van der Waals surface area contributed by atoms with Crippen LogP contribution < -0.4 is 0 Å². The van der Waals surface area contributed by atoms with Crippen molar-refractivity contribution in [3.05, 3.63) is 35.9 Å². The van der Waals surface area contributed by atoms with Crippen LogP contribution >= 0.6 is 0 Å². The van der Waals surface area contributed by atoms with Crippen LogP contribution in [-0.4, -0.2) is 28.7 Å². The first-order valence-corrected chi connectivity index (χ1v) is 6.74. The molecule has 2 fully saturated rings. The second kappa shape index (κ2) is 4.43.